The Bertz CT molecular complexity index is 209. The smallest absolute Gasteiger partial charge is 0.0587 e. The van der Waals surface area contributed by atoms with E-state index in [9.17, 15) is 0 Å². The molecule has 0 saturated carbocycles. The Labute approximate surface area is 106 Å². The lowest BCUT2D eigenvalue weighted by atomic mass is 10.00. The number of nitrogens with zero attached hydrogens (tertiary/aromatic N) is 2. The van der Waals surface area contributed by atoms with Gasteiger partial charge in [0.2, 0.25) is 0 Å². The summed E-state index contributed by atoms with van der Waals surface area (Å²) in [7, 11) is 3.97. The molecule has 1 N–H and O–H groups in total. The van der Waals surface area contributed by atoms with Gasteiger partial charge in [-0.3, -0.25) is 4.90 Å². The topological polar surface area (TPSA) is 27.7 Å². The first-order valence-electron chi connectivity index (χ1n) is 6.69. The van der Waals surface area contributed by atoms with Gasteiger partial charge in [0.1, 0.15) is 0 Å². The lowest BCUT2D eigenvalue weighted by Crippen LogP contribution is -2.57. The first kappa shape index (κ1) is 14.9. The van der Waals surface area contributed by atoms with Crippen LogP contribution in [0, 0.1) is 0 Å². The first-order chi connectivity index (χ1) is 8.06. The summed E-state index contributed by atoms with van der Waals surface area (Å²) in [6, 6.07) is 0. The standard InChI is InChI=1S/C13H29N3O/c1-13(2)12-16(10-9-15(13)3)8-5-6-14-7-11-17-4/h14H,5-12H2,1-4H3. The zero-order chi connectivity index (χ0) is 12.7. The summed E-state index contributed by atoms with van der Waals surface area (Å²) in [4.78, 5) is 5.04. The van der Waals surface area contributed by atoms with E-state index < -0.39 is 0 Å². The minimum Gasteiger partial charge on any atom is -0.383 e. The van der Waals surface area contributed by atoms with Gasteiger partial charge in [-0.15, -0.1) is 0 Å². The lowest BCUT2D eigenvalue weighted by Gasteiger charge is -2.45. The zero-order valence-electron chi connectivity index (χ0n) is 12.0. The molecule has 0 spiro atoms. The Morgan fingerprint density at radius 3 is 2.65 bits per heavy atom. The second-order valence-electron chi connectivity index (χ2n) is 5.61. The van der Waals surface area contributed by atoms with E-state index in [0.29, 0.717) is 5.54 Å². The van der Waals surface area contributed by atoms with E-state index in [2.05, 4.69) is 36.0 Å². The summed E-state index contributed by atoms with van der Waals surface area (Å²) >= 11 is 0. The molecule has 0 radical (unpaired) electrons. The van der Waals surface area contributed by atoms with Crippen LogP contribution in [0.5, 0.6) is 0 Å². The fourth-order valence-corrected chi connectivity index (χ4v) is 2.26. The summed E-state index contributed by atoms with van der Waals surface area (Å²) < 4.78 is 5.00. The van der Waals surface area contributed by atoms with Crippen LogP contribution in [-0.4, -0.2) is 75.4 Å². The van der Waals surface area contributed by atoms with Crippen molar-refractivity contribution in [1.29, 1.82) is 0 Å². The van der Waals surface area contributed by atoms with Crippen LogP contribution in [0.4, 0.5) is 0 Å². The molecular formula is C13H29N3O. The third-order valence-corrected chi connectivity index (χ3v) is 3.71. The Morgan fingerprint density at radius 1 is 1.24 bits per heavy atom. The third kappa shape index (κ3) is 5.34. The van der Waals surface area contributed by atoms with Crippen LogP contribution in [0.1, 0.15) is 20.3 Å². The molecule has 0 aromatic rings. The Kier molecular flexibility index (Phi) is 6.41. The lowest BCUT2D eigenvalue weighted by molar-refractivity contribution is 0.0396. The molecule has 4 heteroatoms. The minimum absolute atomic E-state index is 0.321. The Balaban J connectivity index is 2.08. The second-order valence-corrected chi connectivity index (χ2v) is 5.61. The van der Waals surface area contributed by atoms with Crippen molar-refractivity contribution >= 4 is 0 Å². The maximum absolute atomic E-state index is 5.00. The van der Waals surface area contributed by atoms with Crippen molar-refractivity contribution in [3.8, 4) is 0 Å². The number of rotatable bonds is 7. The van der Waals surface area contributed by atoms with E-state index in [4.69, 9.17) is 4.74 Å². The number of methoxy groups -OCH3 is 1. The van der Waals surface area contributed by atoms with E-state index >= 15 is 0 Å². The summed E-state index contributed by atoms with van der Waals surface area (Å²) in [5.41, 5.74) is 0.321. The van der Waals surface area contributed by atoms with Gasteiger partial charge in [0, 0.05) is 38.8 Å². The normalized spacial score (nSPS) is 21.9. The molecule has 1 saturated heterocycles. The molecule has 1 aliphatic heterocycles. The third-order valence-electron chi connectivity index (χ3n) is 3.71. The van der Waals surface area contributed by atoms with Crippen LogP contribution in [0.25, 0.3) is 0 Å². The molecule has 17 heavy (non-hydrogen) atoms. The number of ether oxygens (including phenoxy) is 1. The first-order valence-corrected chi connectivity index (χ1v) is 6.69. The maximum Gasteiger partial charge on any atom is 0.0587 e. The van der Waals surface area contributed by atoms with Crippen molar-refractivity contribution in [2.75, 3.05) is 60.0 Å². The quantitative estimate of drug-likeness (QED) is 0.664. The van der Waals surface area contributed by atoms with Gasteiger partial charge < -0.3 is 15.0 Å². The van der Waals surface area contributed by atoms with Crippen molar-refractivity contribution in [3.63, 3.8) is 0 Å². The second kappa shape index (κ2) is 7.31. The molecule has 1 rings (SSSR count). The predicted octanol–water partition coefficient (Wildman–Crippen LogP) is 0.639. The van der Waals surface area contributed by atoms with Gasteiger partial charge in [-0.2, -0.15) is 0 Å². The Morgan fingerprint density at radius 2 is 2.00 bits per heavy atom. The van der Waals surface area contributed by atoms with E-state index in [1.807, 2.05) is 0 Å². The van der Waals surface area contributed by atoms with Gasteiger partial charge in [0.15, 0.2) is 0 Å². The average molecular weight is 243 g/mol. The molecule has 0 bridgehead atoms. The fourth-order valence-electron chi connectivity index (χ4n) is 2.26. The van der Waals surface area contributed by atoms with Crippen LogP contribution < -0.4 is 5.32 Å². The average Bonchev–Trinajstić information content (AvgIpc) is 2.28. The summed E-state index contributed by atoms with van der Waals surface area (Å²) in [6.45, 7) is 12.3. The molecule has 0 amide bonds. The fraction of sp³-hybridized carbons (Fsp3) is 1.00. The van der Waals surface area contributed by atoms with Crippen LogP contribution in [0.15, 0.2) is 0 Å². The van der Waals surface area contributed by atoms with Gasteiger partial charge in [-0.25, -0.2) is 0 Å². The van der Waals surface area contributed by atoms with Crippen molar-refractivity contribution in [1.82, 2.24) is 15.1 Å². The maximum atomic E-state index is 5.00. The molecule has 1 aliphatic rings. The van der Waals surface area contributed by atoms with Crippen molar-refractivity contribution < 1.29 is 4.74 Å². The van der Waals surface area contributed by atoms with Crippen LogP contribution in [-0.2, 0) is 4.74 Å². The van der Waals surface area contributed by atoms with E-state index in [-0.39, 0.29) is 0 Å². The van der Waals surface area contributed by atoms with Gasteiger partial charge in [-0.1, -0.05) is 0 Å². The number of likely N-dealkylation sites (N-methyl/N-ethyl adjacent to an activating group) is 1. The van der Waals surface area contributed by atoms with E-state index in [1.165, 1.54) is 32.6 Å². The van der Waals surface area contributed by atoms with Crippen molar-refractivity contribution in [2.45, 2.75) is 25.8 Å². The molecule has 0 aliphatic carbocycles. The van der Waals surface area contributed by atoms with Gasteiger partial charge in [0.05, 0.1) is 6.61 Å². The summed E-state index contributed by atoms with van der Waals surface area (Å²) in [5.74, 6) is 0. The van der Waals surface area contributed by atoms with Gasteiger partial charge in [-0.05, 0) is 40.4 Å². The summed E-state index contributed by atoms with van der Waals surface area (Å²) in [5, 5.41) is 3.39. The molecule has 1 fully saturated rings. The van der Waals surface area contributed by atoms with Gasteiger partial charge in [0.25, 0.3) is 0 Å². The molecular weight excluding hydrogens is 214 g/mol. The van der Waals surface area contributed by atoms with E-state index in [1.54, 1.807) is 7.11 Å². The number of hydrogen-bond acceptors (Lipinski definition) is 4. The highest BCUT2D eigenvalue weighted by atomic mass is 16.5. The van der Waals surface area contributed by atoms with Crippen molar-refractivity contribution in [2.24, 2.45) is 0 Å². The van der Waals surface area contributed by atoms with Crippen LogP contribution >= 0.6 is 0 Å². The summed E-state index contributed by atoms with van der Waals surface area (Å²) in [6.07, 6.45) is 1.23. The predicted molar refractivity (Wildman–Crippen MR) is 72.5 cm³/mol. The molecule has 0 aromatic heterocycles. The highest BCUT2D eigenvalue weighted by molar-refractivity contribution is 4.88. The van der Waals surface area contributed by atoms with Crippen LogP contribution in [0.2, 0.25) is 0 Å². The SMILES string of the molecule is COCCNCCCN1CCN(C)C(C)(C)C1. The van der Waals surface area contributed by atoms with Gasteiger partial charge >= 0.3 is 0 Å². The highest BCUT2D eigenvalue weighted by Gasteiger charge is 2.30. The zero-order valence-corrected chi connectivity index (χ0v) is 12.0. The molecule has 1 heterocycles. The largest absolute Gasteiger partial charge is 0.383 e. The van der Waals surface area contributed by atoms with E-state index in [0.717, 1.165) is 19.7 Å². The molecule has 102 valence electrons. The Hall–Kier alpha value is -0.160. The molecule has 0 unspecified atom stereocenters. The number of nitrogens with one attached hydrogen (secondary N) is 1. The minimum atomic E-state index is 0.321. The van der Waals surface area contributed by atoms with Crippen molar-refractivity contribution in [3.05, 3.63) is 0 Å². The number of hydrogen-bond donors (Lipinski definition) is 1. The highest BCUT2D eigenvalue weighted by Crippen LogP contribution is 2.18. The molecule has 0 atom stereocenters. The molecule has 4 nitrogen and oxygen atoms in total. The monoisotopic (exact) mass is 243 g/mol. The molecule has 0 aromatic carbocycles. The number of piperazine rings is 1. The van der Waals surface area contributed by atoms with Crippen LogP contribution in [0.3, 0.4) is 0 Å².